The molecule has 0 spiro atoms. The van der Waals surface area contributed by atoms with Crippen LogP contribution in [0.3, 0.4) is 0 Å². The number of carbonyl (C=O) groups is 1. The lowest BCUT2D eigenvalue weighted by molar-refractivity contribution is -0.119. The summed E-state index contributed by atoms with van der Waals surface area (Å²) < 4.78 is 42.1. The monoisotopic (exact) mass is 450 g/mol. The molecule has 170 valence electrons. The van der Waals surface area contributed by atoms with Crippen molar-refractivity contribution < 1.29 is 27.4 Å². The lowest BCUT2D eigenvalue weighted by atomic mass is 10.0. The van der Waals surface area contributed by atoms with Crippen molar-refractivity contribution in [1.82, 2.24) is 5.32 Å². The number of ether oxygens (including phenoxy) is 3. The van der Waals surface area contributed by atoms with E-state index in [0.717, 1.165) is 16.1 Å². The van der Waals surface area contributed by atoms with Gasteiger partial charge in [0.15, 0.2) is 11.5 Å². The predicted octanol–water partition coefficient (Wildman–Crippen LogP) is 2.92. The van der Waals surface area contributed by atoms with Crippen LogP contribution in [0.1, 0.15) is 30.9 Å². The minimum Gasteiger partial charge on any atom is -0.493 e. The minimum absolute atomic E-state index is 0.0968. The third-order valence-corrected chi connectivity index (χ3v) is 5.90. The highest BCUT2D eigenvalue weighted by Crippen LogP contribution is 2.39. The Kier molecular flexibility index (Phi) is 8.15. The molecule has 0 aliphatic carbocycles. The van der Waals surface area contributed by atoms with Crippen molar-refractivity contribution in [1.29, 1.82) is 0 Å². The number of rotatable bonds is 10. The van der Waals surface area contributed by atoms with Crippen LogP contribution < -0.4 is 23.8 Å². The van der Waals surface area contributed by atoms with Gasteiger partial charge in [-0.25, -0.2) is 8.42 Å². The zero-order chi connectivity index (χ0) is 23.2. The van der Waals surface area contributed by atoms with Crippen LogP contribution in [0.4, 0.5) is 5.69 Å². The van der Waals surface area contributed by atoms with Crippen LogP contribution in [0.2, 0.25) is 0 Å². The number of carbonyl (C=O) groups excluding carboxylic acids is 1. The molecule has 2 aromatic carbocycles. The van der Waals surface area contributed by atoms with E-state index in [9.17, 15) is 13.2 Å². The second kappa shape index (κ2) is 10.4. The molecule has 0 unspecified atom stereocenters. The van der Waals surface area contributed by atoms with Gasteiger partial charge >= 0.3 is 0 Å². The maximum absolute atomic E-state index is 12.7. The van der Waals surface area contributed by atoms with Crippen molar-refractivity contribution in [3.8, 4) is 17.2 Å². The SMILES string of the molecule is COc1ccc(CNC(=O)CN(c2ccccc2C(C)C)S(C)(=O)=O)c(OC)c1OC. The molecule has 0 radical (unpaired) electrons. The number of hydrogen-bond acceptors (Lipinski definition) is 6. The van der Waals surface area contributed by atoms with Crippen LogP contribution in [-0.2, 0) is 21.4 Å². The second-order valence-corrected chi connectivity index (χ2v) is 9.16. The van der Waals surface area contributed by atoms with E-state index in [2.05, 4.69) is 5.32 Å². The first-order valence-electron chi connectivity index (χ1n) is 9.75. The molecule has 0 atom stereocenters. The van der Waals surface area contributed by atoms with E-state index >= 15 is 0 Å². The van der Waals surface area contributed by atoms with Crippen LogP contribution in [0.5, 0.6) is 17.2 Å². The van der Waals surface area contributed by atoms with Crippen LogP contribution in [-0.4, -0.2) is 48.5 Å². The van der Waals surface area contributed by atoms with Gasteiger partial charge in [-0.05, 0) is 29.7 Å². The van der Waals surface area contributed by atoms with E-state index in [4.69, 9.17) is 14.2 Å². The quantitative estimate of drug-likeness (QED) is 0.598. The number of methoxy groups -OCH3 is 3. The van der Waals surface area contributed by atoms with E-state index in [0.29, 0.717) is 28.5 Å². The fraction of sp³-hybridized carbons (Fsp3) is 0.409. The van der Waals surface area contributed by atoms with Gasteiger partial charge in [-0.3, -0.25) is 9.10 Å². The van der Waals surface area contributed by atoms with Crippen molar-refractivity contribution >= 4 is 21.6 Å². The number of hydrogen-bond donors (Lipinski definition) is 1. The Morgan fingerprint density at radius 2 is 1.65 bits per heavy atom. The molecule has 2 rings (SSSR count). The molecule has 1 amide bonds. The van der Waals surface area contributed by atoms with E-state index in [1.807, 2.05) is 26.0 Å². The highest BCUT2D eigenvalue weighted by molar-refractivity contribution is 7.92. The van der Waals surface area contributed by atoms with E-state index in [1.165, 1.54) is 21.3 Å². The second-order valence-electron chi connectivity index (χ2n) is 7.25. The Balaban J connectivity index is 2.25. The maximum atomic E-state index is 12.7. The summed E-state index contributed by atoms with van der Waals surface area (Å²) in [5.41, 5.74) is 2.02. The first-order valence-corrected chi connectivity index (χ1v) is 11.6. The number of anilines is 1. The Morgan fingerprint density at radius 1 is 1.00 bits per heavy atom. The van der Waals surface area contributed by atoms with Crippen molar-refractivity contribution in [2.75, 3.05) is 38.4 Å². The van der Waals surface area contributed by atoms with Gasteiger partial charge in [-0.1, -0.05) is 32.0 Å². The maximum Gasteiger partial charge on any atom is 0.241 e. The summed E-state index contributed by atoms with van der Waals surface area (Å²) in [6, 6.07) is 10.6. The fourth-order valence-corrected chi connectivity index (χ4v) is 4.14. The van der Waals surface area contributed by atoms with Gasteiger partial charge in [-0.15, -0.1) is 0 Å². The van der Waals surface area contributed by atoms with Gasteiger partial charge < -0.3 is 19.5 Å². The van der Waals surface area contributed by atoms with Crippen LogP contribution in [0.25, 0.3) is 0 Å². The van der Waals surface area contributed by atoms with Crippen molar-refractivity contribution in [3.05, 3.63) is 47.5 Å². The number of benzene rings is 2. The van der Waals surface area contributed by atoms with Crippen molar-refractivity contribution in [2.24, 2.45) is 0 Å². The van der Waals surface area contributed by atoms with Gasteiger partial charge in [0.05, 0.1) is 33.3 Å². The molecule has 0 fully saturated rings. The van der Waals surface area contributed by atoms with E-state index in [-0.39, 0.29) is 19.0 Å². The van der Waals surface area contributed by atoms with Crippen molar-refractivity contribution in [3.63, 3.8) is 0 Å². The third kappa shape index (κ3) is 5.81. The number of sulfonamides is 1. The Labute approximate surface area is 184 Å². The molecule has 0 aromatic heterocycles. The summed E-state index contributed by atoms with van der Waals surface area (Å²) in [5.74, 6) is 1.01. The molecule has 1 N–H and O–H groups in total. The average molecular weight is 451 g/mol. The highest BCUT2D eigenvalue weighted by atomic mass is 32.2. The summed E-state index contributed by atoms with van der Waals surface area (Å²) >= 11 is 0. The lowest BCUT2D eigenvalue weighted by Gasteiger charge is -2.25. The molecule has 0 saturated heterocycles. The normalized spacial score (nSPS) is 11.2. The van der Waals surface area contributed by atoms with Gasteiger partial charge in [0.1, 0.15) is 6.54 Å². The molecule has 2 aromatic rings. The van der Waals surface area contributed by atoms with Crippen LogP contribution in [0.15, 0.2) is 36.4 Å². The first kappa shape index (κ1) is 24.3. The van der Waals surface area contributed by atoms with Crippen LogP contribution in [0, 0.1) is 0 Å². The molecule has 0 heterocycles. The summed E-state index contributed by atoms with van der Waals surface area (Å²) in [4.78, 5) is 12.7. The standard InChI is InChI=1S/C22H30N2O6S/c1-15(2)17-9-7-8-10-18(17)24(31(6,26)27)14-20(25)23-13-16-11-12-19(28-3)22(30-5)21(16)29-4/h7-12,15H,13-14H2,1-6H3,(H,23,25). The highest BCUT2D eigenvalue weighted by Gasteiger charge is 2.24. The Hall–Kier alpha value is -2.94. The zero-order valence-electron chi connectivity index (χ0n) is 18.8. The molecule has 0 aliphatic rings. The van der Waals surface area contributed by atoms with Crippen LogP contribution >= 0.6 is 0 Å². The smallest absolute Gasteiger partial charge is 0.241 e. The van der Waals surface area contributed by atoms with E-state index < -0.39 is 15.9 Å². The molecule has 8 nitrogen and oxygen atoms in total. The summed E-state index contributed by atoms with van der Waals surface area (Å²) in [6.45, 7) is 3.75. The topological polar surface area (TPSA) is 94.2 Å². The molecule has 31 heavy (non-hydrogen) atoms. The van der Waals surface area contributed by atoms with Gasteiger partial charge in [0, 0.05) is 12.1 Å². The number of nitrogens with one attached hydrogen (secondary N) is 1. The minimum atomic E-state index is -3.67. The van der Waals surface area contributed by atoms with E-state index in [1.54, 1.807) is 24.3 Å². The zero-order valence-corrected chi connectivity index (χ0v) is 19.6. The Bertz CT molecular complexity index is 1020. The molecular formula is C22H30N2O6S. The Morgan fingerprint density at radius 3 is 2.19 bits per heavy atom. The summed E-state index contributed by atoms with van der Waals surface area (Å²) in [5, 5.41) is 2.76. The summed E-state index contributed by atoms with van der Waals surface area (Å²) in [6.07, 6.45) is 1.09. The molecule has 0 aliphatic heterocycles. The lowest BCUT2D eigenvalue weighted by Crippen LogP contribution is -2.40. The largest absolute Gasteiger partial charge is 0.493 e. The average Bonchev–Trinajstić information content (AvgIpc) is 2.74. The first-order chi connectivity index (χ1) is 14.6. The molecule has 0 bridgehead atoms. The van der Waals surface area contributed by atoms with Gasteiger partial charge in [0.2, 0.25) is 21.7 Å². The summed E-state index contributed by atoms with van der Waals surface area (Å²) in [7, 11) is 0.844. The van der Waals surface area contributed by atoms with Crippen molar-refractivity contribution in [2.45, 2.75) is 26.3 Å². The number of amides is 1. The third-order valence-electron chi connectivity index (χ3n) is 4.78. The molecule has 0 saturated carbocycles. The number of nitrogens with zero attached hydrogens (tertiary/aromatic N) is 1. The van der Waals surface area contributed by atoms with Gasteiger partial charge in [-0.2, -0.15) is 0 Å². The molecular weight excluding hydrogens is 420 g/mol. The van der Waals surface area contributed by atoms with Gasteiger partial charge in [0.25, 0.3) is 0 Å². The predicted molar refractivity (Wildman–Crippen MR) is 121 cm³/mol. The fourth-order valence-electron chi connectivity index (χ4n) is 3.27. The molecule has 9 heteroatoms. The number of para-hydroxylation sites is 1.